The van der Waals surface area contributed by atoms with E-state index in [0.29, 0.717) is 6.42 Å². The molecule has 0 bridgehead atoms. The Kier molecular flexibility index (Phi) is 2.87. The van der Waals surface area contributed by atoms with Crippen molar-refractivity contribution >= 4 is 22.2 Å². The Morgan fingerprint density at radius 1 is 1.50 bits per heavy atom. The van der Waals surface area contributed by atoms with Crippen molar-refractivity contribution in [1.82, 2.24) is 0 Å². The molecule has 1 aromatic carbocycles. The average Bonchev–Trinajstić information content (AvgIpc) is 2.63. The zero-order chi connectivity index (χ0) is 9.97. The first-order valence-corrected chi connectivity index (χ1v) is 5.48. The average molecular weight is 255 g/mol. The summed E-state index contributed by atoms with van der Waals surface area (Å²) >= 11 is 3.48. The molecule has 14 heavy (non-hydrogen) atoms. The van der Waals surface area contributed by atoms with Gasteiger partial charge in [0.25, 0.3) is 0 Å². The van der Waals surface area contributed by atoms with Gasteiger partial charge in [0.1, 0.15) is 12.0 Å². The molecule has 2 rings (SSSR count). The molecule has 0 N–H and O–H groups in total. The number of hydrogen-bond acceptors (Lipinski definition) is 2. The van der Waals surface area contributed by atoms with E-state index in [9.17, 15) is 4.79 Å². The highest BCUT2D eigenvalue weighted by atomic mass is 79.9. The molecular formula is C11H11BrO2. The molecule has 1 aromatic rings. The molecule has 0 radical (unpaired) electrons. The molecule has 74 valence electrons. The van der Waals surface area contributed by atoms with Crippen LogP contribution in [0.2, 0.25) is 0 Å². The van der Waals surface area contributed by atoms with Crippen molar-refractivity contribution in [3.63, 3.8) is 0 Å². The van der Waals surface area contributed by atoms with Crippen LogP contribution in [0.1, 0.15) is 17.5 Å². The Morgan fingerprint density at radius 3 is 3.14 bits per heavy atom. The molecule has 0 saturated heterocycles. The first kappa shape index (κ1) is 9.71. The number of carbonyl (C=O) groups is 1. The molecule has 1 heterocycles. The standard InChI is InChI=1S/C11H11BrO2/c12-10-7-8(2-1-4-13)6-9-3-5-14-11(9)10/h4,6-7H,1-3,5H2. The van der Waals surface area contributed by atoms with Gasteiger partial charge in [-0.15, -0.1) is 0 Å². The van der Waals surface area contributed by atoms with E-state index in [0.717, 1.165) is 36.0 Å². The van der Waals surface area contributed by atoms with E-state index in [1.54, 1.807) is 0 Å². The number of rotatable bonds is 3. The summed E-state index contributed by atoms with van der Waals surface area (Å²) in [6, 6.07) is 4.17. The van der Waals surface area contributed by atoms with Crippen molar-refractivity contribution in [2.75, 3.05) is 6.61 Å². The van der Waals surface area contributed by atoms with Crippen molar-refractivity contribution in [1.29, 1.82) is 0 Å². The first-order chi connectivity index (χ1) is 6.81. The normalized spacial score (nSPS) is 13.5. The van der Waals surface area contributed by atoms with Gasteiger partial charge < -0.3 is 9.53 Å². The summed E-state index contributed by atoms with van der Waals surface area (Å²) < 4.78 is 6.48. The highest BCUT2D eigenvalue weighted by molar-refractivity contribution is 9.10. The molecule has 0 aromatic heterocycles. The van der Waals surface area contributed by atoms with E-state index >= 15 is 0 Å². The van der Waals surface area contributed by atoms with Gasteiger partial charge in [-0.05, 0) is 39.5 Å². The van der Waals surface area contributed by atoms with E-state index in [1.807, 2.05) is 6.07 Å². The van der Waals surface area contributed by atoms with Gasteiger partial charge in [-0.2, -0.15) is 0 Å². The van der Waals surface area contributed by atoms with Crippen LogP contribution in [0.5, 0.6) is 5.75 Å². The Labute approximate surface area is 91.4 Å². The Bertz CT molecular complexity index is 361. The summed E-state index contributed by atoms with van der Waals surface area (Å²) in [4.78, 5) is 10.3. The lowest BCUT2D eigenvalue weighted by Crippen LogP contribution is -1.89. The number of benzene rings is 1. The molecule has 0 saturated carbocycles. The van der Waals surface area contributed by atoms with Gasteiger partial charge in [-0.3, -0.25) is 0 Å². The number of fused-ring (bicyclic) bond motifs is 1. The second-order valence-corrected chi connectivity index (χ2v) is 4.22. The molecule has 1 aliphatic heterocycles. The summed E-state index contributed by atoms with van der Waals surface area (Å²) in [6.45, 7) is 0.769. The smallest absolute Gasteiger partial charge is 0.136 e. The highest BCUT2D eigenvalue weighted by Gasteiger charge is 2.16. The summed E-state index contributed by atoms with van der Waals surface area (Å²) in [5, 5.41) is 0. The minimum Gasteiger partial charge on any atom is -0.492 e. The van der Waals surface area contributed by atoms with Gasteiger partial charge >= 0.3 is 0 Å². The molecule has 2 nitrogen and oxygen atoms in total. The lowest BCUT2D eigenvalue weighted by Gasteiger charge is -2.05. The third-order valence-corrected chi connectivity index (χ3v) is 2.94. The zero-order valence-corrected chi connectivity index (χ0v) is 9.34. The van der Waals surface area contributed by atoms with E-state index in [4.69, 9.17) is 4.74 Å². The largest absolute Gasteiger partial charge is 0.492 e. The quantitative estimate of drug-likeness (QED) is 0.776. The third-order valence-electron chi connectivity index (χ3n) is 2.35. The minimum atomic E-state index is 0.589. The maximum atomic E-state index is 10.3. The molecule has 0 aliphatic carbocycles. The molecule has 0 amide bonds. The van der Waals surface area contributed by atoms with Crippen LogP contribution in [0.4, 0.5) is 0 Å². The topological polar surface area (TPSA) is 26.3 Å². The van der Waals surface area contributed by atoms with Crippen LogP contribution in [-0.4, -0.2) is 12.9 Å². The van der Waals surface area contributed by atoms with Gasteiger partial charge in [0, 0.05) is 12.8 Å². The Morgan fingerprint density at radius 2 is 2.36 bits per heavy atom. The van der Waals surface area contributed by atoms with Crippen molar-refractivity contribution in [3.05, 3.63) is 27.7 Å². The molecule has 0 atom stereocenters. The fourth-order valence-electron chi connectivity index (χ4n) is 1.69. The monoisotopic (exact) mass is 254 g/mol. The molecule has 3 heteroatoms. The predicted octanol–water partition coefficient (Wildman–Crippen LogP) is 2.52. The number of ether oxygens (including phenoxy) is 1. The second-order valence-electron chi connectivity index (χ2n) is 3.37. The van der Waals surface area contributed by atoms with Crippen LogP contribution in [-0.2, 0) is 17.6 Å². The highest BCUT2D eigenvalue weighted by Crippen LogP contribution is 2.34. The number of aldehydes is 1. The van der Waals surface area contributed by atoms with E-state index < -0.39 is 0 Å². The number of aryl methyl sites for hydroxylation is 1. The molecule has 0 unspecified atom stereocenters. The van der Waals surface area contributed by atoms with Gasteiger partial charge in [-0.25, -0.2) is 0 Å². The van der Waals surface area contributed by atoms with Crippen LogP contribution in [0, 0.1) is 0 Å². The van der Waals surface area contributed by atoms with Gasteiger partial charge in [0.2, 0.25) is 0 Å². The lowest BCUT2D eigenvalue weighted by atomic mass is 10.1. The van der Waals surface area contributed by atoms with Crippen LogP contribution in [0.15, 0.2) is 16.6 Å². The summed E-state index contributed by atoms with van der Waals surface area (Å²) in [7, 11) is 0. The van der Waals surface area contributed by atoms with Gasteiger partial charge in [-0.1, -0.05) is 6.07 Å². The SMILES string of the molecule is O=CCCc1cc(Br)c2c(c1)CCO2. The minimum absolute atomic E-state index is 0.589. The summed E-state index contributed by atoms with van der Waals surface area (Å²) in [5.74, 6) is 0.972. The first-order valence-electron chi connectivity index (χ1n) is 4.69. The molecule has 1 aliphatic rings. The molecule has 0 spiro atoms. The van der Waals surface area contributed by atoms with Crippen LogP contribution in [0.3, 0.4) is 0 Å². The number of hydrogen-bond donors (Lipinski definition) is 0. The van der Waals surface area contributed by atoms with Crippen LogP contribution < -0.4 is 4.74 Å². The fraction of sp³-hybridized carbons (Fsp3) is 0.364. The third kappa shape index (κ3) is 1.82. The van der Waals surface area contributed by atoms with Crippen molar-refractivity contribution in [3.8, 4) is 5.75 Å². The Balaban J connectivity index is 2.27. The Hall–Kier alpha value is -0.830. The predicted molar refractivity (Wildman–Crippen MR) is 57.7 cm³/mol. The number of carbonyl (C=O) groups excluding carboxylic acids is 1. The lowest BCUT2D eigenvalue weighted by molar-refractivity contribution is -0.107. The van der Waals surface area contributed by atoms with E-state index in [1.165, 1.54) is 11.1 Å². The summed E-state index contributed by atoms with van der Waals surface area (Å²) in [6.07, 6.45) is 3.34. The van der Waals surface area contributed by atoms with Crippen molar-refractivity contribution in [2.24, 2.45) is 0 Å². The second kappa shape index (κ2) is 4.13. The maximum Gasteiger partial charge on any atom is 0.136 e. The van der Waals surface area contributed by atoms with Crippen molar-refractivity contribution < 1.29 is 9.53 Å². The van der Waals surface area contributed by atoms with Gasteiger partial charge in [0.15, 0.2) is 0 Å². The van der Waals surface area contributed by atoms with Crippen molar-refractivity contribution in [2.45, 2.75) is 19.3 Å². The van der Waals surface area contributed by atoms with E-state index in [2.05, 4.69) is 22.0 Å². The maximum absolute atomic E-state index is 10.3. The summed E-state index contributed by atoms with van der Waals surface area (Å²) in [5.41, 5.74) is 2.45. The fourth-order valence-corrected chi connectivity index (χ4v) is 2.36. The molecular weight excluding hydrogens is 244 g/mol. The number of halogens is 1. The van der Waals surface area contributed by atoms with Gasteiger partial charge in [0.05, 0.1) is 11.1 Å². The van der Waals surface area contributed by atoms with E-state index in [-0.39, 0.29) is 0 Å². The van der Waals surface area contributed by atoms with Crippen LogP contribution in [0.25, 0.3) is 0 Å². The molecule has 0 fully saturated rings. The zero-order valence-electron chi connectivity index (χ0n) is 7.75. The van der Waals surface area contributed by atoms with Crippen LogP contribution >= 0.6 is 15.9 Å².